The molecular weight excluding hydrogens is 372 g/mol. The zero-order chi connectivity index (χ0) is 20.8. The predicted octanol–water partition coefficient (Wildman–Crippen LogP) is 3.38. The summed E-state index contributed by atoms with van der Waals surface area (Å²) in [5.74, 6) is 0.341. The van der Waals surface area contributed by atoms with Crippen molar-refractivity contribution in [3.05, 3.63) is 65.5 Å². The Bertz CT molecular complexity index is 817. The minimum absolute atomic E-state index is 0.121. The maximum atomic E-state index is 12.8. The molecule has 2 aliphatic rings. The van der Waals surface area contributed by atoms with Crippen LogP contribution in [-0.4, -0.2) is 52.9 Å². The number of hydrogen-bond donors (Lipinski definition) is 1. The van der Waals surface area contributed by atoms with Gasteiger partial charge in [-0.15, -0.1) is 0 Å². The van der Waals surface area contributed by atoms with E-state index < -0.39 is 0 Å². The van der Waals surface area contributed by atoms with Gasteiger partial charge in [-0.1, -0.05) is 30.3 Å². The number of amides is 1. The first-order valence-electron chi connectivity index (χ1n) is 11.4. The van der Waals surface area contributed by atoms with Crippen LogP contribution < -0.4 is 5.32 Å². The molecule has 2 aliphatic heterocycles. The lowest BCUT2D eigenvalue weighted by molar-refractivity contribution is -0.127. The number of nitrogens with one attached hydrogen (secondary N) is 1. The van der Waals surface area contributed by atoms with Crippen LogP contribution in [0, 0.1) is 12.8 Å². The molecule has 1 aromatic carbocycles. The van der Waals surface area contributed by atoms with Crippen LogP contribution in [0.15, 0.2) is 48.8 Å². The van der Waals surface area contributed by atoms with Crippen molar-refractivity contribution in [2.24, 2.45) is 5.92 Å². The fraction of sp³-hybridized carbons (Fsp3) is 0.520. The minimum atomic E-state index is 0.121. The fourth-order valence-electron chi connectivity index (χ4n) is 4.88. The molecule has 2 saturated heterocycles. The van der Waals surface area contributed by atoms with Crippen LogP contribution in [0.4, 0.5) is 0 Å². The number of pyridine rings is 1. The van der Waals surface area contributed by atoms with E-state index in [4.69, 9.17) is 0 Å². The van der Waals surface area contributed by atoms with Gasteiger partial charge < -0.3 is 5.32 Å². The van der Waals surface area contributed by atoms with Crippen LogP contribution in [-0.2, 0) is 17.9 Å². The second-order valence-electron chi connectivity index (χ2n) is 8.85. The van der Waals surface area contributed by atoms with Gasteiger partial charge in [0.15, 0.2) is 0 Å². The molecule has 5 nitrogen and oxygen atoms in total. The summed E-state index contributed by atoms with van der Waals surface area (Å²) >= 11 is 0. The Kier molecular flexibility index (Phi) is 7.13. The van der Waals surface area contributed by atoms with E-state index in [-0.39, 0.29) is 11.8 Å². The Balaban J connectivity index is 1.24. The van der Waals surface area contributed by atoms with E-state index in [0.717, 1.165) is 45.6 Å². The average Bonchev–Trinajstić information content (AvgIpc) is 2.80. The molecule has 0 spiro atoms. The third-order valence-electron chi connectivity index (χ3n) is 6.74. The third kappa shape index (κ3) is 5.46. The zero-order valence-electron chi connectivity index (χ0n) is 18.1. The third-order valence-corrected chi connectivity index (χ3v) is 6.74. The van der Waals surface area contributed by atoms with Crippen LogP contribution in [0.1, 0.15) is 42.4 Å². The summed E-state index contributed by atoms with van der Waals surface area (Å²) in [6, 6.07) is 13.1. The molecule has 0 saturated carbocycles. The van der Waals surface area contributed by atoms with Crippen LogP contribution in [0.3, 0.4) is 0 Å². The molecule has 0 unspecified atom stereocenters. The lowest BCUT2D eigenvalue weighted by Gasteiger charge is -2.42. The van der Waals surface area contributed by atoms with Gasteiger partial charge in [-0.2, -0.15) is 0 Å². The Morgan fingerprint density at radius 3 is 2.70 bits per heavy atom. The van der Waals surface area contributed by atoms with Gasteiger partial charge in [0.05, 0.1) is 5.92 Å². The molecule has 160 valence electrons. The van der Waals surface area contributed by atoms with Crippen molar-refractivity contribution in [3.63, 3.8) is 0 Å². The molecular formula is C25H34N4O. The molecule has 1 atom stereocenters. The lowest BCUT2D eigenvalue weighted by Crippen LogP contribution is -2.50. The molecule has 1 N–H and O–H groups in total. The van der Waals surface area contributed by atoms with E-state index in [1.807, 2.05) is 30.6 Å². The van der Waals surface area contributed by atoms with E-state index >= 15 is 0 Å². The summed E-state index contributed by atoms with van der Waals surface area (Å²) in [5.41, 5.74) is 3.74. The Labute approximate surface area is 180 Å². The number of carbonyl (C=O) groups is 1. The second-order valence-corrected chi connectivity index (χ2v) is 8.85. The number of piperidine rings is 2. The van der Waals surface area contributed by atoms with Crippen LogP contribution in [0.2, 0.25) is 0 Å². The van der Waals surface area contributed by atoms with Gasteiger partial charge in [-0.25, -0.2) is 0 Å². The molecule has 2 aromatic rings. The maximum absolute atomic E-state index is 12.8. The number of likely N-dealkylation sites (tertiary alicyclic amines) is 2. The minimum Gasteiger partial charge on any atom is -0.352 e. The van der Waals surface area contributed by atoms with Crippen molar-refractivity contribution < 1.29 is 4.79 Å². The summed E-state index contributed by atoms with van der Waals surface area (Å²) < 4.78 is 0. The molecule has 5 heteroatoms. The van der Waals surface area contributed by atoms with E-state index in [0.29, 0.717) is 12.6 Å². The smallest absolute Gasteiger partial charge is 0.224 e. The molecule has 0 bridgehead atoms. The molecule has 0 aliphatic carbocycles. The number of carbonyl (C=O) groups excluding carboxylic acids is 1. The Morgan fingerprint density at radius 2 is 1.93 bits per heavy atom. The van der Waals surface area contributed by atoms with Gasteiger partial charge in [-0.3, -0.25) is 19.6 Å². The number of nitrogens with zero attached hydrogens (tertiary/aromatic N) is 3. The van der Waals surface area contributed by atoms with Crippen molar-refractivity contribution in [2.45, 2.75) is 51.7 Å². The summed E-state index contributed by atoms with van der Waals surface area (Å²) in [5, 5.41) is 3.19. The van der Waals surface area contributed by atoms with Gasteiger partial charge in [-0.05, 0) is 75.0 Å². The molecule has 30 heavy (non-hydrogen) atoms. The van der Waals surface area contributed by atoms with Gasteiger partial charge >= 0.3 is 0 Å². The van der Waals surface area contributed by atoms with Crippen molar-refractivity contribution in [3.8, 4) is 0 Å². The lowest BCUT2D eigenvalue weighted by atomic mass is 9.93. The normalized spacial score (nSPS) is 21.4. The van der Waals surface area contributed by atoms with Crippen LogP contribution >= 0.6 is 0 Å². The van der Waals surface area contributed by atoms with Crippen molar-refractivity contribution in [2.75, 3.05) is 26.2 Å². The fourth-order valence-corrected chi connectivity index (χ4v) is 4.88. The zero-order valence-corrected chi connectivity index (χ0v) is 18.1. The number of aryl methyl sites for hydroxylation is 1. The summed E-state index contributed by atoms with van der Waals surface area (Å²) in [4.78, 5) is 22.2. The van der Waals surface area contributed by atoms with Gasteiger partial charge in [0, 0.05) is 38.1 Å². The number of aromatic nitrogens is 1. The standard InChI is InChI=1S/C25H34N4O/c1-20-6-2-3-8-22(20)17-27-25(30)23-9-5-13-29(19-23)24-10-14-28(15-11-24)18-21-7-4-12-26-16-21/h2-4,6-8,12,16,23-24H,5,9-11,13-15,17-19H2,1H3,(H,27,30)/t23-/m0/s1. The maximum Gasteiger partial charge on any atom is 0.224 e. The highest BCUT2D eigenvalue weighted by atomic mass is 16.1. The van der Waals surface area contributed by atoms with E-state index in [1.165, 1.54) is 29.5 Å². The Hall–Kier alpha value is -2.24. The van der Waals surface area contributed by atoms with Crippen molar-refractivity contribution in [1.82, 2.24) is 20.1 Å². The summed E-state index contributed by atoms with van der Waals surface area (Å²) in [7, 11) is 0. The van der Waals surface area contributed by atoms with Crippen molar-refractivity contribution >= 4 is 5.91 Å². The monoisotopic (exact) mass is 406 g/mol. The predicted molar refractivity (Wildman–Crippen MR) is 120 cm³/mol. The highest BCUT2D eigenvalue weighted by Crippen LogP contribution is 2.25. The van der Waals surface area contributed by atoms with Crippen LogP contribution in [0.5, 0.6) is 0 Å². The average molecular weight is 407 g/mol. The Morgan fingerprint density at radius 1 is 1.10 bits per heavy atom. The topological polar surface area (TPSA) is 48.5 Å². The molecule has 1 amide bonds. The number of benzene rings is 1. The quantitative estimate of drug-likeness (QED) is 0.799. The molecule has 0 radical (unpaired) electrons. The van der Waals surface area contributed by atoms with E-state index in [2.05, 4.69) is 45.2 Å². The molecule has 2 fully saturated rings. The van der Waals surface area contributed by atoms with Crippen molar-refractivity contribution in [1.29, 1.82) is 0 Å². The second kappa shape index (κ2) is 10.2. The molecule has 1 aromatic heterocycles. The highest BCUT2D eigenvalue weighted by molar-refractivity contribution is 5.79. The SMILES string of the molecule is Cc1ccccc1CNC(=O)[C@H]1CCCN(C2CCN(Cc3cccnc3)CC2)C1. The summed E-state index contributed by atoms with van der Waals surface area (Å²) in [6.45, 7) is 8.02. The molecule has 3 heterocycles. The largest absolute Gasteiger partial charge is 0.352 e. The number of hydrogen-bond acceptors (Lipinski definition) is 4. The van der Waals surface area contributed by atoms with E-state index in [1.54, 1.807) is 0 Å². The van der Waals surface area contributed by atoms with Gasteiger partial charge in [0.2, 0.25) is 5.91 Å². The number of rotatable bonds is 6. The first-order chi connectivity index (χ1) is 14.7. The van der Waals surface area contributed by atoms with Crippen LogP contribution in [0.25, 0.3) is 0 Å². The first kappa shape index (κ1) is 21.0. The van der Waals surface area contributed by atoms with Gasteiger partial charge in [0.1, 0.15) is 0 Å². The highest BCUT2D eigenvalue weighted by Gasteiger charge is 2.31. The van der Waals surface area contributed by atoms with Gasteiger partial charge in [0.25, 0.3) is 0 Å². The summed E-state index contributed by atoms with van der Waals surface area (Å²) in [6.07, 6.45) is 8.32. The van der Waals surface area contributed by atoms with E-state index in [9.17, 15) is 4.79 Å². The molecule has 4 rings (SSSR count). The first-order valence-corrected chi connectivity index (χ1v) is 11.4.